The predicted octanol–water partition coefficient (Wildman–Crippen LogP) is 1.53. The van der Waals surface area contributed by atoms with Crippen molar-refractivity contribution in [3.8, 4) is 0 Å². The van der Waals surface area contributed by atoms with Gasteiger partial charge < -0.3 is 9.47 Å². The fourth-order valence-corrected chi connectivity index (χ4v) is 0.534. The average molecular weight is 180 g/mol. The van der Waals surface area contributed by atoms with Gasteiger partial charge in [0.25, 0.3) is 0 Å². The summed E-state index contributed by atoms with van der Waals surface area (Å²) in [6.07, 6.45) is 0. The molecule has 0 atom stereocenters. The number of hydrogen-bond acceptors (Lipinski definition) is 3. The first kappa shape index (κ1) is 10.5. The van der Waals surface area contributed by atoms with Crippen LogP contribution in [0.25, 0.3) is 10.4 Å². The van der Waals surface area contributed by atoms with E-state index < -0.39 is 0 Å². The van der Waals surface area contributed by atoms with E-state index in [4.69, 9.17) is 26.6 Å². The number of ether oxygens (including phenoxy) is 2. The van der Waals surface area contributed by atoms with Crippen LogP contribution < -0.4 is 0 Å². The lowest BCUT2D eigenvalue weighted by Crippen LogP contribution is -2.05. The van der Waals surface area contributed by atoms with E-state index in [0.717, 1.165) is 0 Å². The topological polar surface area (TPSA) is 67.2 Å². The molecule has 0 saturated heterocycles. The van der Waals surface area contributed by atoms with Gasteiger partial charge in [-0.3, -0.25) is 0 Å². The van der Waals surface area contributed by atoms with E-state index in [1.165, 1.54) is 0 Å². The monoisotopic (exact) mass is 179 g/mol. The normalized spacial score (nSPS) is 9.18. The molecule has 0 unspecified atom stereocenters. The van der Waals surface area contributed by atoms with Crippen LogP contribution in [-0.2, 0) is 9.47 Å². The van der Waals surface area contributed by atoms with E-state index in [-0.39, 0.29) is 6.07 Å². The maximum atomic E-state index is 7.87. The van der Waals surface area contributed by atoms with Gasteiger partial charge in [-0.05, 0) is 5.53 Å². The molecule has 0 aromatic heterocycles. The highest BCUT2D eigenvalue weighted by Gasteiger charge is 1.86. The summed E-state index contributed by atoms with van der Waals surface area (Å²) in [5.74, 6) is 0. The van der Waals surface area contributed by atoms with E-state index in [1.54, 1.807) is 0 Å². The molecule has 0 aromatic rings. The first-order valence-electron chi connectivity index (χ1n) is 3.14. The van der Waals surface area contributed by atoms with Gasteiger partial charge in [0.2, 0.25) is 0 Å². The summed E-state index contributed by atoms with van der Waals surface area (Å²) in [4.78, 5) is 2.56. The Morgan fingerprint density at radius 1 is 1.27 bits per heavy atom. The molecule has 5 nitrogen and oxygen atoms in total. The van der Waals surface area contributed by atoms with Gasteiger partial charge in [-0.25, -0.2) is 0 Å². The van der Waals surface area contributed by atoms with Crippen molar-refractivity contribution >= 4 is 11.6 Å². The van der Waals surface area contributed by atoms with Crippen molar-refractivity contribution in [2.24, 2.45) is 5.11 Å². The number of azide groups is 1. The summed E-state index contributed by atoms with van der Waals surface area (Å²) in [5, 5.41) is 3.28. The van der Waals surface area contributed by atoms with Gasteiger partial charge in [0.15, 0.2) is 0 Å². The second-order valence-corrected chi connectivity index (χ2v) is 1.80. The molecule has 0 rings (SSSR count). The first-order chi connectivity index (χ1) is 5.41. The van der Waals surface area contributed by atoms with E-state index in [2.05, 4.69) is 10.0 Å². The van der Waals surface area contributed by atoms with Gasteiger partial charge >= 0.3 is 0 Å². The fraction of sp³-hybridized carbons (Fsp3) is 1.00. The standard InChI is InChI=1S/C5H10ClN3O2/c6-5-11-4-3-10-2-1-8-9-7/h1-5H2. The number of nitrogens with zero attached hydrogens (tertiary/aromatic N) is 3. The lowest BCUT2D eigenvalue weighted by Gasteiger charge is -2.00. The Morgan fingerprint density at radius 3 is 2.64 bits per heavy atom. The lowest BCUT2D eigenvalue weighted by molar-refractivity contribution is 0.0680. The zero-order valence-corrected chi connectivity index (χ0v) is 6.83. The van der Waals surface area contributed by atoms with Gasteiger partial charge in [-0.2, -0.15) is 0 Å². The van der Waals surface area contributed by atoms with Crippen molar-refractivity contribution in [3.63, 3.8) is 0 Å². The minimum Gasteiger partial charge on any atom is -0.379 e. The molecule has 11 heavy (non-hydrogen) atoms. The average Bonchev–Trinajstić information content (AvgIpc) is 2.03. The molecule has 0 aliphatic heterocycles. The van der Waals surface area contributed by atoms with Crippen LogP contribution in [-0.4, -0.2) is 32.4 Å². The van der Waals surface area contributed by atoms with Gasteiger partial charge in [-0.15, -0.1) is 0 Å². The minimum atomic E-state index is 0.180. The first-order valence-corrected chi connectivity index (χ1v) is 3.67. The van der Waals surface area contributed by atoms with E-state index in [9.17, 15) is 0 Å². The maximum Gasteiger partial charge on any atom is 0.120 e. The summed E-state index contributed by atoms with van der Waals surface area (Å²) in [6.45, 7) is 1.74. The molecule has 0 bridgehead atoms. The van der Waals surface area contributed by atoms with Gasteiger partial charge in [-0.1, -0.05) is 16.7 Å². The van der Waals surface area contributed by atoms with Crippen LogP contribution >= 0.6 is 11.6 Å². The summed E-state index contributed by atoms with van der Waals surface area (Å²) < 4.78 is 9.77. The molecule has 64 valence electrons. The molecule has 0 aromatic carbocycles. The highest BCUT2D eigenvalue weighted by atomic mass is 35.5. The summed E-state index contributed by atoms with van der Waals surface area (Å²) >= 11 is 5.22. The molecule has 0 saturated carbocycles. The highest BCUT2D eigenvalue weighted by molar-refractivity contribution is 6.17. The van der Waals surface area contributed by atoms with Crippen molar-refractivity contribution in [1.82, 2.24) is 0 Å². The van der Waals surface area contributed by atoms with Crippen molar-refractivity contribution < 1.29 is 9.47 Å². The number of alkyl halides is 1. The Bertz CT molecular complexity index is 127. The van der Waals surface area contributed by atoms with Crippen LogP contribution in [0.15, 0.2) is 5.11 Å². The van der Waals surface area contributed by atoms with Crippen molar-refractivity contribution in [3.05, 3.63) is 10.4 Å². The maximum absolute atomic E-state index is 7.87. The molecule has 0 radical (unpaired) electrons. The lowest BCUT2D eigenvalue weighted by atomic mass is 10.7. The largest absolute Gasteiger partial charge is 0.379 e. The Labute approximate surface area is 69.9 Å². The molecule has 0 spiro atoms. The van der Waals surface area contributed by atoms with Gasteiger partial charge in [0.1, 0.15) is 6.07 Å². The van der Waals surface area contributed by atoms with Gasteiger partial charge in [0, 0.05) is 11.5 Å². The Balaban J connectivity index is 2.84. The summed E-state index contributed by atoms with van der Waals surface area (Å²) in [5.41, 5.74) is 7.87. The molecule has 0 fully saturated rings. The number of hydrogen-bond donors (Lipinski definition) is 0. The van der Waals surface area contributed by atoms with Crippen LogP contribution in [0.1, 0.15) is 0 Å². The van der Waals surface area contributed by atoms with Crippen molar-refractivity contribution in [1.29, 1.82) is 0 Å². The van der Waals surface area contributed by atoms with Crippen LogP contribution in [0.2, 0.25) is 0 Å². The molecule has 0 N–H and O–H groups in total. The smallest absolute Gasteiger partial charge is 0.120 e. The van der Waals surface area contributed by atoms with E-state index in [1.807, 2.05) is 0 Å². The van der Waals surface area contributed by atoms with E-state index >= 15 is 0 Å². The van der Waals surface area contributed by atoms with Crippen LogP contribution in [0.5, 0.6) is 0 Å². The minimum absolute atomic E-state index is 0.180. The highest BCUT2D eigenvalue weighted by Crippen LogP contribution is 1.81. The second-order valence-electron chi connectivity index (χ2n) is 1.58. The van der Waals surface area contributed by atoms with E-state index in [0.29, 0.717) is 26.4 Å². The molecular formula is C5H10ClN3O2. The second kappa shape index (κ2) is 9.52. The zero-order valence-electron chi connectivity index (χ0n) is 6.07. The quantitative estimate of drug-likeness (QED) is 0.196. The summed E-state index contributed by atoms with van der Waals surface area (Å²) in [7, 11) is 0. The van der Waals surface area contributed by atoms with Crippen molar-refractivity contribution in [2.45, 2.75) is 0 Å². The third-order valence-electron chi connectivity index (χ3n) is 0.848. The molecule has 0 heterocycles. The van der Waals surface area contributed by atoms with Crippen molar-refractivity contribution in [2.75, 3.05) is 32.4 Å². The third-order valence-corrected chi connectivity index (χ3v) is 1.00. The number of halogens is 1. The Morgan fingerprint density at radius 2 is 2.00 bits per heavy atom. The third kappa shape index (κ3) is 9.52. The molecule has 0 amide bonds. The van der Waals surface area contributed by atoms with Gasteiger partial charge in [0.05, 0.1) is 19.8 Å². The molecule has 6 heteroatoms. The van der Waals surface area contributed by atoms with Crippen LogP contribution in [0, 0.1) is 0 Å². The molecule has 0 aliphatic rings. The SMILES string of the molecule is [N-]=[N+]=NCCOCCOCCl. The van der Waals surface area contributed by atoms with Crippen LogP contribution in [0.4, 0.5) is 0 Å². The van der Waals surface area contributed by atoms with Crippen LogP contribution in [0.3, 0.4) is 0 Å². The summed E-state index contributed by atoms with van der Waals surface area (Å²) in [6, 6.07) is 0.180. The number of rotatable bonds is 7. The predicted molar refractivity (Wildman–Crippen MR) is 41.5 cm³/mol. The molecular weight excluding hydrogens is 170 g/mol. The Hall–Kier alpha value is -0.480. The fourth-order valence-electron chi connectivity index (χ4n) is 0.425. The Kier molecular flexibility index (Phi) is 9.10. The molecule has 0 aliphatic carbocycles. The zero-order chi connectivity index (χ0) is 8.36.